The molecule has 0 aliphatic rings. The molecule has 5 heteroatoms. The molecular weight excluding hydrogens is 242 g/mol. The number of aromatic nitrogens is 2. The molecule has 0 amide bonds. The maximum Gasteiger partial charge on any atom is 0.274 e. The van der Waals surface area contributed by atoms with Crippen LogP contribution in [0.4, 0.5) is 0 Å². The van der Waals surface area contributed by atoms with Gasteiger partial charge in [0.15, 0.2) is 0 Å². The van der Waals surface area contributed by atoms with Gasteiger partial charge in [0.2, 0.25) is 0 Å². The summed E-state index contributed by atoms with van der Waals surface area (Å²) in [4.78, 5) is 12.3. The molecule has 0 spiro atoms. The molecule has 19 heavy (non-hydrogen) atoms. The number of methoxy groups -OCH3 is 1. The fraction of sp³-hybridized carbons (Fsp3) is 0.286. The summed E-state index contributed by atoms with van der Waals surface area (Å²) in [5, 5.41) is 4.31. The van der Waals surface area contributed by atoms with Crippen molar-refractivity contribution in [2.45, 2.75) is 20.4 Å². The van der Waals surface area contributed by atoms with Crippen molar-refractivity contribution in [1.29, 1.82) is 0 Å². The van der Waals surface area contributed by atoms with Crippen molar-refractivity contribution in [3.63, 3.8) is 0 Å². The van der Waals surface area contributed by atoms with Crippen molar-refractivity contribution in [1.82, 2.24) is 9.78 Å². The molecule has 1 aromatic carbocycles. The van der Waals surface area contributed by atoms with Gasteiger partial charge in [0, 0.05) is 12.1 Å². The fourth-order valence-corrected chi connectivity index (χ4v) is 2.01. The van der Waals surface area contributed by atoms with Gasteiger partial charge in [-0.2, -0.15) is 9.78 Å². The van der Waals surface area contributed by atoms with E-state index >= 15 is 0 Å². The van der Waals surface area contributed by atoms with Crippen molar-refractivity contribution in [2.75, 3.05) is 7.11 Å². The van der Waals surface area contributed by atoms with Crippen molar-refractivity contribution in [2.24, 2.45) is 5.73 Å². The lowest BCUT2D eigenvalue weighted by atomic mass is 10.1. The summed E-state index contributed by atoms with van der Waals surface area (Å²) in [6.45, 7) is 3.96. The Labute approximate surface area is 111 Å². The van der Waals surface area contributed by atoms with Crippen LogP contribution in [0.5, 0.6) is 5.75 Å². The van der Waals surface area contributed by atoms with E-state index in [1.54, 1.807) is 38.3 Å². The van der Waals surface area contributed by atoms with Gasteiger partial charge in [-0.05, 0) is 43.7 Å². The standard InChI is InChI=1S/C14H17N3O2/c1-9-13(8-15)10(2)16-17(14(9)18)11-4-6-12(19-3)7-5-11/h4-7H,8,15H2,1-3H3. The van der Waals surface area contributed by atoms with E-state index in [4.69, 9.17) is 10.5 Å². The maximum absolute atomic E-state index is 12.3. The average Bonchev–Trinajstić information content (AvgIpc) is 2.43. The van der Waals surface area contributed by atoms with E-state index in [-0.39, 0.29) is 5.56 Å². The molecule has 0 fully saturated rings. The van der Waals surface area contributed by atoms with Crippen molar-refractivity contribution in [3.05, 3.63) is 51.4 Å². The van der Waals surface area contributed by atoms with Gasteiger partial charge in [-0.1, -0.05) is 0 Å². The quantitative estimate of drug-likeness (QED) is 0.902. The van der Waals surface area contributed by atoms with Gasteiger partial charge in [0.25, 0.3) is 5.56 Å². The molecule has 0 aliphatic heterocycles. The van der Waals surface area contributed by atoms with Gasteiger partial charge in [0.05, 0.1) is 18.5 Å². The second kappa shape index (κ2) is 5.24. The molecule has 5 nitrogen and oxygen atoms in total. The number of ether oxygens (including phenoxy) is 1. The number of hydrogen-bond donors (Lipinski definition) is 1. The Morgan fingerprint density at radius 2 is 1.89 bits per heavy atom. The van der Waals surface area contributed by atoms with Crippen LogP contribution in [0.3, 0.4) is 0 Å². The highest BCUT2D eigenvalue weighted by Crippen LogP contribution is 2.14. The third kappa shape index (κ3) is 2.37. The predicted molar refractivity (Wildman–Crippen MR) is 73.8 cm³/mol. The third-order valence-electron chi connectivity index (χ3n) is 3.17. The van der Waals surface area contributed by atoms with Gasteiger partial charge in [0.1, 0.15) is 5.75 Å². The molecular formula is C14H17N3O2. The molecule has 1 aromatic heterocycles. The fourth-order valence-electron chi connectivity index (χ4n) is 2.01. The lowest BCUT2D eigenvalue weighted by molar-refractivity contribution is 0.414. The summed E-state index contributed by atoms with van der Waals surface area (Å²) in [5.41, 5.74) is 8.44. The number of hydrogen-bond acceptors (Lipinski definition) is 4. The molecule has 0 aliphatic carbocycles. The molecule has 2 rings (SSSR count). The summed E-state index contributed by atoms with van der Waals surface area (Å²) in [5.74, 6) is 0.740. The van der Waals surface area contributed by atoms with Crippen LogP contribution in [0.25, 0.3) is 5.69 Å². The van der Waals surface area contributed by atoms with Crippen molar-refractivity contribution in [3.8, 4) is 11.4 Å². The Morgan fingerprint density at radius 3 is 2.42 bits per heavy atom. The summed E-state index contributed by atoms with van der Waals surface area (Å²) in [6, 6.07) is 7.19. The van der Waals surface area contributed by atoms with Gasteiger partial charge >= 0.3 is 0 Å². The maximum atomic E-state index is 12.3. The molecule has 0 saturated carbocycles. The van der Waals surface area contributed by atoms with E-state index < -0.39 is 0 Å². The van der Waals surface area contributed by atoms with E-state index in [1.807, 2.05) is 6.92 Å². The van der Waals surface area contributed by atoms with E-state index in [9.17, 15) is 4.79 Å². The smallest absolute Gasteiger partial charge is 0.274 e. The van der Waals surface area contributed by atoms with E-state index in [2.05, 4.69) is 5.10 Å². The Hall–Kier alpha value is -2.14. The molecule has 0 unspecified atom stereocenters. The summed E-state index contributed by atoms with van der Waals surface area (Å²) in [6.07, 6.45) is 0. The SMILES string of the molecule is COc1ccc(-n2nc(C)c(CN)c(C)c2=O)cc1. The predicted octanol–water partition coefficient (Wildman–Crippen LogP) is 1.32. The van der Waals surface area contributed by atoms with Crippen LogP contribution < -0.4 is 16.0 Å². The van der Waals surface area contributed by atoms with E-state index in [0.29, 0.717) is 17.8 Å². The monoisotopic (exact) mass is 259 g/mol. The van der Waals surface area contributed by atoms with Crippen LogP contribution >= 0.6 is 0 Å². The number of benzene rings is 1. The molecule has 2 aromatic rings. The van der Waals surface area contributed by atoms with E-state index in [1.165, 1.54) is 4.68 Å². The second-order valence-electron chi connectivity index (χ2n) is 4.31. The Morgan fingerprint density at radius 1 is 1.26 bits per heavy atom. The zero-order valence-corrected chi connectivity index (χ0v) is 11.3. The first-order valence-corrected chi connectivity index (χ1v) is 6.02. The topological polar surface area (TPSA) is 70.1 Å². The second-order valence-corrected chi connectivity index (χ2v) is 4.31. The van der Waals surface area contributed by atoms with Gasteiger partial charge in [-0.25, -0.2) is 0 Å². The normalized spacial score (nSPS) is 10.5. The van der Waals surface area contributed by atoms with Crippen LogP contribution in [-0.2, 0) is 6.54 Å². The first-order valence-electron chi connectivity index (χ1n) is 6.02. The van der Waals surface area contributed by atoms with Crippen molar-refractivity contribution < 1.29 is 4.74 Å². The molecule has 0 atom stereocenters. The number of rotatable bonds is 3. The first-order chi connectivity index (χ1) is 9.08. The molecule has 0 saturated heterocycles. The largest absolute Gasteiger partial charge is 0.497 e. The highest BCUT2D eigenvalue weighted by atomic mass is 16.5. The molecule has 100 valence electrons. The third-order valence-corrected chi connectivity index (χ3v) is 3.17. The summed E-state index contributed by atoms with van der Waals surface area (Å²) >= 11 is 0. The molecule has 0 radical (unpaired) electrons. The van der Waals surface area contributed by atoms with Crippen LogP contribution in [0.15, 0.2) is 29.1 Å². The van der Waals surface area contributed by atoms with E-state index in [0.717, 1.165) is 17.0 Å². The average molecular weight is 259 g/mol. The van der Waals surface area contributed by atoms with Crippen LogP contribution in [0.2, 0.25) is 0 Å². The number of aryl methyl sites for hydroxylation is 1. The zero-order chi connectivity index (χ0) is 14.0. The minimum absolute atomic E-state index is 0.142. The lowest BCUT2D eigenvalue weighted by Crippen LogP contribution is -2.27. The summed E-state index contributed by atoms with van der Waals surface area (Å²) < 4.78 is 6.49. The highest BCUT2D eigenvalue weighted by molar-refractivity contribution is 5.38. The number of nitrogens with zero attached hydrogens (tertiary/aromatic N) is 2. The van der Waals surface area contributed by atoms with Gasteiger partial charge in [-0.15, -0.1) is 0 Å². The molecule has 1 heterocycles. The number of nitrogens with two attached hydrogens (primary N) is 1. The van der Waals surface area contributed by atoms with Gasteiger partial charge < -0.3 is 10.5 Å². The minimum Gasteiger partial charge on any atom is -0.497 e. The Kier molecular flexibility index (Phi) is 3.66. The molecule has 0 bridgehead atoms. The van der Waals surface area contributed by atoms with Crippen molar-refractivity contribution >= 4 is 0 Å². The Bertz CT molecular complexity index is 645. The first kappa shape index (κ1) is 13.3. The lowest BCUT2D eigenvalue weighted by Gasteiger charge is -2.11. The minimum atomic E-state index is -0.142. The Balaban J connectivity index is 2.59. The van der Waals surface area contributed by atoms with Gasteiger partial charge in [-0.3, -0.25) is 4.79 Å². The summed E-state index contributed by atoms with van der Waals surface area (Å²) in [7, 11) is 1.60. The highest BCUT2D eigenvalue weighted by Gasteiger charge is 2.11. The molecule has 2 N–H and O–H groups in total. The zero-order valence-electron chi connectivity index (χ0n) is 11.3. The van der Waals surface area contributed by atoms with Crippen LogP contribution in [0, 0.1) is 13.8 Å². The van der Waals surface area contributed by atoms with Crippen LogP contribution in [0.1, 0.15) is 16.8 Å². The van der Waals surface area contributed by atoms with Crippen LogP contribution in [-0.4, -0.2) is 16.9 Å².